The monoisotopic (exact) mass is 309 g/mol. The molecule has 1 aromatic carbocycles. The van der Waals surface area contributed by atoms with Crippen molar-refractivity contribution in [1.82, 2.24) is 4.90 Å². The topological polar surface area (TPSA) is 32.0 Å². The van der Waals surface area contributed by atoms with E-state index in [-0.39, 0.29) is 0 Å². The van der Waals surface area contributed by atoms with Gasteiger partial charge in [-0.2, -0.15) is 5.10 Å². The maximum Gasteiger partial charge on any atom is 0.136 e. The molecular weight excluding hydrogens is 286 g/mol. The molecule has 1 atom stereocenters. The number of hydrogen-bond acceptors (Lipinski definition) is 4. The molecule has 23 heavy (non-hydrogen) atoms. The van der Waals surface area contributed by atoms with Crippen molar-refractivity contribution in [3.63, 3.8) is 0 Å². The number of anilines is 1. The van der Waals surface area contributed by atoms with Gasteiger partial charge in [0.05, 0.1) is 5.69 Å². The summed E-state index contributed by atoms with van der Waals surface area (Å²) in [6.07, 6.45) is 10.5. The fourth-order valence-corrected chi connectivity index (χ4v) is 3.47. The van der Waals surface area contributed by atoms with E-state index in [9.17, 15) is 0 Å². The second-order valence-corrected chi connectivity index (χ2v) is 6.48. The van der Waals surface area contributed by atoms with Gasteiger partial charge in [-0.1, -0.05) is 6.08 Å². The van der Waals surface area contributed by atoms with Crippen molar-refractivity contribution in [2.75, 3.05) is 18.1 Å². The van der Waals surface area contributed by atoms with Crippen molar-refractivity contribution in [2.45, 2.75) is 38.6 Å². The molecule has 2 aliphatic heterocycles. The number of hydrazone groups is 1. The summed E-state index contributed by atoms with van der Waals surface area (Å²) in [5.41, 5.74) is 1.99. The second kappa shape index (κ2) is 6.20. The zero-order chi connectivity index (χ0) is 15.6. The predicted octanol–water partition coefficient (Wildman–Crippen LogP) is 4.17. The highest BCUT2D eigenvalue weighted by Gasteiger charge is 2.20. The lowest BCUT2D eigenvalue weighted by molar-refractivity contribution is 0.266. The van der Waals surface area contributed by atoms with Crippen molar-refractivity contribution in [3.05, 3.63) is 42.3 Å². The molecule has 0 amide bonds. The van der Waals surface area contributed by atoms with E-state index < -0.39 is 0 Å². The molecule has 1 aromatic heterocycles. The largest absolute Gasteiger partial charge is 0.461 e. The van der Waals surface area contributed by atoms with Crippen LogP contribution in [-0.2, 0) is 6.42 Å². The zero-order valence-electron chi connectivity index (χ0n) is 13.6. The van der Waals surface area contributed by atoms with E-state index in [0.717, 1.165) is 42.5 Å². The minimum absolute atomic E-state index is 0.717. The number of allylic oxidation sites excluding steroid dienone is 1. The Morgan fingerprint density at radius 1 is 1.30 bits per heavy atom. The lowest BCUT2D eigenvalue weighted by atomic mass is 10.2. The van der Waals surface area contributed by atoms with Crippen LogP contribution in [0, 0.1) is 0 Å². The van der Waals surface area contributed by atoms with Gasteiger partial charge in [-0.15, -0.1) is 0 Å². The third kappa shape index (κ3) is 3.04. The van der Waals surface area contributed by atoms with Crippen LogP contribution in [0.1, 0.15) is 31.9 Å². The highest BCUT2D eigenvalue weighted by Crippen LogP contribution is 2.27. The van der Waals surface area contributed by atoms with Gasteiger partial charge in [-0.3, -0.25) is 0 Å². The molecule has 2 aromatic rings. The third-order valence-electron chi connectivity index (χ3n) is 4.85. The Kier molecular flexibility index (Phi) is 3.92. The van der Waals surface area contributed by atoms with E-state index in [0.29, 0.717) is 0 Å². The first kappa shape index (κ1) is 14.5. The highest BCUT2D eigenvalue weighted by atomic mass is 16.3. The molecule has 120 valence electrons. The lowest BCUT2D eigenvalue weighted by Gasteiger charge is -2.19. The number of nitrogens with zero attached hydrogens (tertiary/aromatic N) is 3. The van der Waals surface area contributed by atoms with Crippen LogP contribution in [0.5, 0.6) is 0 Å². The summed E-state index contributed by atoms with van der Waals surface area (Å²) in [6.45, 7) is 4.64. The maximum atomic E-state index is 6.07. The Bertz CT molecular complexity index is 734. The zero-order valence-corrected chi connectivity index (χ0v) is 13.6. The van der Waals surface area contributed by atoms with Crippen molar-refractivity contribution in [2.24, 2.45) is 5.10 Å². The number of furan rings is 1. The maximum absolute atomic E-state index is 6.07. The molecule has 4 nitrogen and oxygen atoms in total. The van der Waals surface area contributed by atoms with Crippen molar-refractivity contribution < 1.29 is 4.42 Å². The molecule has 2 aliphatic rings. The van der Waals surface area contributed by atoms with E-state index in [4.69, 9.17) is 4.42 Å². The van der Waals surface area contributed by atoms with Gasteiger partial charge < -0.3 is 9.32 Å². The van der Waals surface area contributed by atoms with Gasteiger partial charge in [0, 0.05) is 49.3 Å². The summed E-state index contributed by atoms with van der Waals surface area (Å²) in [4.78, 5) is 2.56. The summed E-state index contributed by atoms with van der Waals surface area (Å²) < 4.78 is 6.07. The molecule has 0 spiro atoms. The van der Waals surface area contributed by atoms with Gasteiger partial charge >= 0.3 is 0 Å². The van der Waals surface area contributed by atoms with E-state index in [1.807, 2.05) is 17.4 Å². The Balaban J connectivity index is 1.50. The molecule has 0 radical (unpaired) electrons. The lowest BCUT2D eigenvalue weighted by Crippen LogP contribution is -2.28. The molecule has 4 heteroatoms. The molecule has 4 rings (SSSR count). The van der Waals surface area contributed by atoms with Crippen LogP contribution in [0.2, 0.25) is 0 Å². The summed E-state index contributed by atoms with van der Waals surface area (Å²) in [5.74, 6) is 1.08. The van der Waals surface area contributed by atoms with Gasteiger partial charge in [-0.05, 0) is 44.5 Å². The Labute approximate surface area is 137 Å². The SMILES string of the molecule is C[C@@H]1CCCN1CCc1cc2ccc(N3C=CCC=N3)cc2o1. The van der Waals surface area contributed by atoms with Crippen molar-refractivity contribution in [3.8, 4) is 0 Å². The fourth-order valence-electron chi connectivity index (χ4n) is 3.47. The molecule has 0 bridgehead atoms. The number of likely N-dealkylation sites (tertiary alicyclic amines) is 1. The van der Waals surface area contributed by atoms with Crippen LogP contribution >= 0.6 is 0 Å². The normalized spacial score (nSPS) is 21.6. The van der Waals surface area contributed by atoms with E-state index in [1.54, 1.807) is 0 Å². The number of hydrogen-bond donors (Lipinski definition) is 0. The van der Waals surface area contributed by atoms with Crippen LogP contribution in [0.25, 0.3) is 11.0 Å². The van der Waals surface area contributed by atoms with E-state index in [2.05, 4.69) is 47.3 Å². The first-order valence-corrected chi connectivity index (χ1v) is 8.54. The highest BCUT2D eigenvalue weighted by molar-refractivity contribution is 5.82. The van der Waals surface area contributed by atoms with Gasteiger partial charge in [0.15, 0.2) is 0 Å². The van der Waals surface area contributed by atoms with Gasteiger partial charge in [0.2, 0.25) is 0 Å². The van der Waals surface area contributed by atoms with Gasteiger partial charge in [-0.25, -0.2) is 5.01 Å². The first-order valence-electron chi connectivity index (χ1n) is 8.54. The summed E-state index contributed by atoms with van der Waals surface area (Å²) in [7, 11) is 0. The Hall–Kier alpha value is -2.07. The quantitative estimate of drug-likeness (QED) is 0.849. The Morgan fingerprint density at radius 3 is 3.04 bits per heavy atom. The van der Waals surface area contributed by atoms with E-state index in [1.165, 1.54) is 24.8 Å². The minimum atomic E-state index is 0.717. The van der Waals surface area contributed by atoms with Crippen molar-refractivity contribution >= 4 is 22.9 Å². The smallest absolute Gasteiger partial charge is 0.136 e. The molecule has 0 aliphatic carbocycles. The second-order valence-electron chi connectivity index (χ2n) is 6.48. The van der Waals surface area contributed by atoms with Crippen LogP contribution in [0.4, 0.5) is 5.69 Å². The van der Waals surface area contributed by atoms with Crippen LogP contribution in [0.15, 0.2) is 46.1 Å². The van der Waals surface area contributed by atoms with Crippen LogP contribution < -0.4 is 5.01 Å². The first-order chi connectivity index (χ1) is 11.3. The Morgan fingerprint density at radius 2 is 2.26 bits per heavy atom. The molecule has 1 fully saturated rings. The summed E-state index contributed by atoms with van der Waals surface area (Å²) in [6, 6.07) is 9.18. The summed E-state index contributed by atoms with van der Waals surface area (Å²) in [5, 5.41) is 7.44. The third-order valence-corrected chi connectivity index (χ3v) is 4.85. The fraction of sp³-hybridized carbons (Fsp3) is 0.421. The average Bonchev–Trinajstić information content (AvgIpc) is 3.18. The molecule has 0 N–H and O–H groups in total. The number of benzene rings is 1. The minimum Gasteiger partial charge on any atom is -0.461 e. The summed E-state index contributed by atoms with van der Waals surface area (Å²) >= 11 is 0. The van der Waals surface area contributed by atoms with Crippen molar-refractivity contribution in [1.29, 1.82) is 0 Å². The van der Waals surface area contributed by atoms with Crippen LogP contribution in [-0.4, -0.2) is 30.2 Å². The van der Waals surface area contributed by atoms with Crippen LogP contribution in [0.3, 0.4) is 0 Å². The van der Waals surface area contributed by atoms with Gasteiger partial charge in [0.25, 0.3) is 0 Å². The number of fused-ring (bicyclic) bond motifs is 1. The molecule has 1 saturated heterocycles. The molecule has 0 unspecified atom stereocenters. The number of rotatable bonds is 4. The molecular formula is C19H23N3O. The average molecular weight is 309 g/mol. The molecule has 3 heterocycles. The predicted molar refractivity (Wildman–Crippen MR) is 94.9 cm³/mol. The van der Waals surface area contributed by atoms with Gasteiger partial charge in [0.1, 0.15) is 11.3 Å². The van der Waals surface area contributed by atoms with E-state index >= 15 is 0 Å². The standard InChI is InChI=1S/C19H23N3O/c1-15-5-4-10-21(15)12-8-18-13-16-6-7-17(14-19(16)23-18)22-11-3-2-9-20-22/h3,6-7,9,11,13-15H,2,4-5,8,10,12H2,1H3/t15-/m1/s1. The molecule has 0 saturated carbocycles.